The highest BCUT2D eigenvalue weighted by Crippen LogP contribution is 2.40. The Morgan fingerprint density at radius 2 is 2.10 bits per heavy atom. The van der Waals surface area contributed by atoms with Crippen molar-refractivity contribution in [1.82, 2.24) is 9.88 Å². The summed E-state index contributed by atoms with van der Waals surface area (Å²) >= 11 is 5.95. The lowest BCUT2D eigenvalue weighted by Crippen LogP contribution is -2.38. The zero-order chi connectivity index (χ0) is 22.3. The fourth-order valence-electron chi connectivity index (χ4n) is 3.61. The van der Waals surface area contributed by atoms with Crippen molar-refractivity contribution in [2.75, 3.05) is 18.8 Å². The highest BCUT2D eigenvalue weighted by molar-refractivity contribution is 6.31. The van der Waals surface area contributed by atoms with Gasteiger partial charge in [0, 0.05) is 30.4 Å². The second-order valence-corrected chi connectivity index (χ2v) is 7.52. The van der Waals surface area contributed by atoms with Crippen molar-refractivity contribution in [2.45, 2.75) is 19.4 Å². The molecule has 3 aromatic rings. The SMILES string of the molecule is C[C@@H](Oc1c(N)ncc2c(C3=CCN(C(N)=O)CC3)coc12)c1c(F)ccc(F)c1Cl. The molecule has 0 fully saturated rings. The Morgan fingerprint density at radius 1 is 1.35 bits per heavy atom. The Labute approximate surface area is 181 Å². The van der Waals surface area contributed by atoms with Crippen LogP contribution in [0.2, 0.25) is 5.02 Å². The zero-order valence-corrected chi connectivity index (χ0v) is 17.2. The fraction of sp³-hybridized carbons (Fsp3) is 0.238. The van der Waals surface area contributed by atoms with E-state index in [9.17, 15) is 13.6 Å². The second kappa shape index (κ2) is 8.07. The van der Waals surface area contributed by atoms with Gasteiger partial charge in [-0.25, -0.2) is 18.6 Å². The van der Waals surface area contributed by atoms with E-state index in [2.05, 4.69) is 4.98 Å². The molecule has 0 saturated heterocycles. The summed E-state index contributed by atoms with van der Waals surface area (Å²) in [6, 6.07) is 1.45. The minimum absolute atomic E-state index is 0.0331. The average Bonchev–Trinajstić information content (AvgIpc) is 3.17. The first-order valence-electron chi connectivity index (χ1n) is 9.47. The Hall–Kier alpha value is -3.33. The highest BCUT2D eigenvalue weighted by Gasteiger charge is 2.25. The molecule has 1 atom stereocenters. The number of amides is 2. The van der Waals surface area contributed by atoms with E-state index in [1.807, 2.05) is 6.08 Å². The van der Waals surface area contributed by atoms with Gasteiger partial charge in [-0.15, -0.1) is 0 Å². The van der Waals surface area contributed by atoms with Crippen LogP contribution in [0.4, 0.5) is 19.4 Å². The quantitative estimate of drug-likeness (QED) is 0.565. The van der Waals surface area contributed by atoms with E-state index in [0.717, 1.165) is 23.3 Å². The van der Waals surface area contributed by atoms with Crippen LogP contribution in [0.5, 0.6) is 5.75 Å². The summed E-state index contributed by atoms with van der Waals surface area (Å²) in [7, 11) is 0. The Morgan fingerprint density at radius 3 is 2.77 bits per heavy atom. The van der Waals surface area contributed by atoms with Crippen LogP contribution in [0.15, 0.2) is 35.1 Å². The third-order valence-electron chi connectivity index (χ3n) is 5.25. The minimum Gasteiger partial charge on any atom is -0.478 e. The molecule has 4 N–H and O–H groups in total. The summed E-state index contributed by atoms with van der Waals surface area (Å²) in [5, 5.41) is 0.277. The zero-order valence-electron chi connectivity index (χ0n) is 16.5. The molecule has 162 valence electrons. The molecule has 0 unspecified atom stereocenters. The summed E-state index contributed by atoms with van der Waals surface area (Å²) < 4.78 is 39.7. The summed E-state index contributed by atoms with van der Waals surface area (Å²) in [6.45, 7) is 2.39. The van der Waals surface area contributed by atoms with Crippen LogP contribution in [-0.4, -0.2) is 29.0 Å². The van der Waals surface area contributed by atoms with Crippen LogP contribution < -0.4 is 16.2 Å². The monoisotopic (exact) mass is 448 g/mol. The van der Waals surface area contributed by atoms with Crippen LogP contribution in [-0.2, 0) is 0 Å². The number of carbonyl (C=O) groups is 1. The average molecular weight is 449 g/mol. The molecule has 0 radical (unpaired) electrons. The number of pyridine rings is 1. The number of hydrogen-bond acceptors (Lipinski definition) is 5. The fourth-order valence-corrected chi connectivity index (χ4v) is 3.91. The number of urea groups is 1. The Bertz CT molecular complexity index is 1210. The van der Waals surface area contributed by atoms with Crippen molar-refractivity contribution in [3.8, 4) is 5.75 Å². The maximum Gasteiger partial charge on any atom is 0.315 e. The topological polar surface area (TPSA) is 108 Å². The van der Waals surface area contributed by atoms with Crippen LogP contribution in [0.1, 0.15) is 30.6 Å². The Balaban J connectivity index is 1.70. The van der Waals surface area contributed by atoms with Crippen molar-refractivity contribution in [2.24, 2.45) is 5.73 Å². The summed E-state index contributed by atoms with van der Waals surface area (Å²) in [5.41, 5.74) is 13.2. The van der Waals surface area contributed by atoms with Crippen LogP contribution in [0, 0.1) is 11.6 Å². The number of benzene rings is 1. The molecular weight excluding hydrogens is 430 g/mol. The molecule has 1 aliphatic rings. The van der Waals surface area contributed by atoms with E-state index >= 15 is 0 Å². The number of hydrogen-bond donors (Lipinski definition) is 2. The van der Waals surface area contributed by atoms with Crippen molar-refractivity contribution >= 4 is 40.0 Å². The number of nitrogens with two attached hydrogens (primary N) is 2. The van der Waals surface area contributed by atoms with Crippen molar-refractivity contribution in [3.05, 3.63) is 58.5 Å². The van der Waals surface area contributed by atoms with Gasteiger partial charge < -0.3 is 25.5 Å². The van der Waals surface area contributed by atoms with Crippen LogP contribution in [0.3, 0.4) is 0 Å². The standard InChI is InChI=1S/C21H19ClF2N4O3/c1-10(16-14(23)2-3-15(24)17(16)22)31-19-18-12(8-27-20(19)25)13(9-30-18)11-4-6-28(7-5-11)21(26)29/h2-4,8-10H,5-7H2,1H3,(H2,25,27)(H2,26,29)/t10-/m1/s1. The number of carbonyl (C=O) groups excluding carboxylic acids is 1. The van der Waals surface area contributed by atoms with Crippen molar-refractivity contribution < 1.29 is 22.7 Å². The number of halogens is 3. The largest absolute Gasteiger partial charge is 0.478 e. The second-order valence-electron chi connectivity index (χ2n) is 7.15. The molecular formula is C21H19ClF2N4O3. The van der Waals surface area contributed by atoms with E-state index < -0.39 is 23.8 Å². The van der Waals surface area contributed by atoms with E-state index in [1.165, 1.54) is 11.8 Å². The van der Waals surface area contributed by atoms with Crippen LogP contribution >= 0.6 is 11.6 Å². The predicted octanol–water partition coefficient (Wildman–Crippen LogP) is 4.65. The molecule has 1 aromatic carbocycles. The summed E-state index contributed by atoms with van der Waals surface area (Å²) in [6.07, 6.45) is 4.60. The normalized spacial score (nSPS) is 15.1. The maximum atomic E-state index is 14.3. The van der Waals surface area contributed by atoms with Gasteiger partial charge in [0.05, 0.1) is 16.7 Å². The lowest BCUT2D eigenvalue weighted by molar-refractivity contribution is 0.213. The first kappa shape index (κ1) is 20.9. The molecule has 0 aliphatic carbocycles. The van der Waals surface area contributed by atoms with E-state index in [4.69, 9.17) is 32.2 Å². The van der Waals surface area contributed by atoms with Gasteiger partial charge in [0.15, 0.2) is 11.4 Å². The molecule has 10 heteroatoms. The summed E-state index contributed by atoms with van der Waals surface area (Å²) in [4.78, 5) is 17.0. The molecule has 0 bridgehead atoms. The lowest BCUT2D eigenvalue weighted by Gasteiger charge is -2.24. The predicted molar refractivity (Wildman–Crippen MR) is 113 cm³/mol. The van der Waals surface area contributed by atoms with Crippen molar-refractivity contribution in [3.63, 3.8) is 0 Å². The molecule has 3 heterocycles. The van der Waals surface area contributed by atoms with Gasteiger partial charge in [0.25, 0.3) is 0 Å². The first-order chi connectivity index (χ1) is 14.8. The van der Waals surface area contributed by atoms with Gasteiger partial charge in [-0.3, -0.25) is 0 Å². The van der Waals surface area contributed by atoms with Crippen molar-refractivity contribution in [1.29, 1.82) is 0 Å². The third-order valence-corrected chi connectivity index (χ3v) is 5.63. The van der Waals surface area contributed by atoms with Gasteiger partial charge in [0.2, 0.25) is 5.75 Å². The number of ether oxygens (including phenoxy) is 1. The number of aromatic nitrogens is 1. The van der Waals surface area contributed by atoms with Gasteiger partial charge in [-0.2, -0.15) is 0 Å². The molecule has 4 rings (SSSR count). The minimum atomic E-state index is -0.968. The van der Waals surface area contributed by atoms with Gasteiger partial charge in [-0.05, 0) is 31.1 Å². The van der Waals surface area contributed by atoms with Gasteiger partial charge >= 0.3 is 6.03 Å². The lowest BCUT2D eigenvalue weighted by atomic mass is 9.99. The molecule has 1 aliphatic heterocycles. The number of fused-ring (bicyclic) bond motifs is 1. The number of nitrogen functional groups attached to an aromatic ring is 1. The number of rotatable bonds is 4. The van der Waals surface area contributed by atoms with Gasteiger partial charge in [0.1, 0.15) is 17.7 Å². The van der Waals surface area contributed by atoms with E-state index in [-0.39, 0.29) is 22.2 Å². The molecule has 2 aromatic heterocycles. The first-order valence-corrected chi connectivity index (χ1v) is 9.85. The van der Waals surface area contributed by atoms with Gasteiger partial charge in [-0.1, -0.05) is 17.7 Å². The Kier molecular flexibility index (Phi) is 5.45. The number of nitrogens with zero attached hydrogens (tertiary/aromatic N) is 2. The molecule has 7 nitrogen and oxygen atoms in total. The highest BCUT2D eigenvalue weighted by atomic mass is 35.5. The summed E-state index contributed by atoms with van der Waals surface area (Å²) in [5.74, 6) is -1.33. The van der Waals surface area contributed by atoms with E-state index in [0.29, 0.717) is 30.5 Å². The number of primary amides is 1. The van der Waals surface area contributed by atoms with E-state index in [1.54, 1.807) is 12.5 Å². The third kappa shape index (κ3) is 3.76. The molecule has 2 amide bonds. The molecule has 31 heavy (non-hydrogen) atoms. The molecule has 0 saturated carbocycles. The molecule has 0 spiro atoms. The maximum absolute atomic E-state index is 14.3. The number of furan rings is 1. The van der Waals surface area contributed by atoms with Crippen LogP contribution in [0.25, 0.3) is 16.5 Å². The number of anilines is 1. The smallest absolute Gasteiger partial charge is 0.315 e.